The van der Waals surface area contributed by atoms with Gasteiger partial charge in [0.15, 0.2) is 0 Å². The Hall–Kier alpha value is -2.28. The van der Waals surface area contributed by atoms with Gasteiger partial charge in [-0.15, -0.1) is 0 Å². The molecule has 7 heteroatoms. The molecule has 0 bridgehead atoms. The van der Waals surface area contributed by atoms with Gasteiger partial charge in [0, 0.05) is 50.0 Å². The Morgan fingerprint density at radius 1 is 1.14 bits per heavy atom. The second kappa shape index (κ2) is 6.90. The van der Waals surface area contributed by atoms with Crippen molar-refractivity contribution >= 4 is 11.4 Å². The van der Waals surface area contributed by atoms with Gasteiger partial charge in [-0.3, -0.25) is 0 Å². The van der Waals surface area contributed by atoms with Crippen molar-refractivity contribution in [2.24, 2.45) is 5.92 Å². The minimum atomic E-state index is -4.58. The number of alkyl halides is 3. The van der Waals surface area contributed by atoms with Gasteiger partial charge in [0.25, 0.3) is 0 Å². The fraction of sp³-hybridized carbons (Fsp3) is 0.455. The normalized spacial score (nSPS) is 23.0. The maximum Gasteiger partial charge on any atom is 0.416 e. The average molecular weight is 405 g/mol. The minimum absolute atomic E-state index is 0.00338. The lowest BCUT2D eigenvalue weighted by atomic mass is 9.80. The molecule has 2 aromatic rings. The van der Waals surface area contributed by atoms with E-state index in [2.05, 4.69) is 27.7 Å². The number of nitrogens with one attached hydrogen (secondary N) is 2. The highest BCUT2D eigenvalue weighted by molar-refractivity contribution is 5.70. The summed E-state index contributed by atoms with van der Waals surface area (Å²) in [6.45, 7) is 4.11. The summed E-state index contributed by atoms with van der Waals surface area (Å²) >= 11 is 0. The van der Waals surface area contributed by atoms with Crippen LogP contribution in [0.2, 0.25) is 0 Å². The second-order valence-corrected chi connectivity index (χ2v) is 8.30. The molecule has 5 rings (SSSR count). The van der Waals surface area contributed by atoms with Crippen molar-refractivity contribution < 1.29 is 17.6 Å². The fourth-order valence-corrected chi connectivity index (χ4v) is 5.17. The van der Waals surface area contributed by atoms with E-state index in [9.17, 15) is 17.6 Å². The molecule has 3 aliphatic rings. The number of hydrogen-bond donors (Lipinski definition) is 2. The first kappa shape index (κ1) is 18.7. The summed E-state index contributed by atoms with van der Waals surface area (Å²) in [6, 6.07) is 7.05. The second-order valence-electron chi connectivity index (χ2n) is 8.30. The van der Waals surface area contributed by atoms with E-state index in [0.717, 1.165) is 50.8 Å². The van der Waals surface area contributed by atoms with Crippen molar-refractivity contribution in [1.82, 2.24) is 5.32 Å². The molecule has 1 fully saturated rings. The Bertz CT molecular complexity index is 940. The average Bonchev–Trinajstić information content (AvgIpc) is 3.15. The van der Waals surface area contributed by atoms with E-state index in [1.54, 1.807) is 0 Å². The number of anilines is 2. The van der Waals surface area contributed by atoms with Crippen LogP contribution in [0.5, 0.6) is 0 Å². The van der Waals surface area contributed by atoms with E-state index in [0.29, 0.717) is 17.9 Å². The van der Waals surface area contributed by atoms with Crippen molar-refractivity contribution in [2.75, 3.05) is 36.4 Å². The van der Waals surface area contributed by atoms with E-state index in [1.807, 2.05) is 0 Å². The summed E-state index contributed by atoms with van der Waals surface area (Å²) in [5.74, 6) is 0.160. The zero-order valence-corrected chi connectivity index (χ0v) is 16.0. The van der Waals surface area contributed by atoms with Crippen LogP contribution >= 0.6 is 0 Å². The molecule has 0 saturated carbocycles. The Morgan fingerprint density at radius 2 is 2.00 bits per heavy atom. The van der Waals surface area contributed by atoms with Crippen molar-refractivity contribution in [1.29, 1.82) is 0 Å². The van der Waals surface area contributed by atoms with Gasteiger partial charge < -0.3 is 15.5 Å². The van der Waals surface area contributed by atoms with Crippen molar-refractivity contribution in [3.63, 3.8) is 0 Å². The van der Waals surface area contributed by atoms with Gasteiger partial charge in [-0.05, 0) is 59.7 Å². The zero-order chi connectivity index (χ0) is 20.2. The lowest BCUT2D eigenvalue weighted by Crippen LogP contribution is -2.41. The molecular weight excluding hydrogens is 382 g/mol. The quantitative estimate of drug-likeness (QED) is 0.735. The summed E-state index contributed by atoms with van der Waals surface area (Å²) in [7, 11) is 0. The van der Waals surface area contributed by atoms with Crippen LogP contribution in [0.1, 0.15) is 34.6 Å². The van der Waals surface area contributed by atoms with Crippen LogP contribution < -0.4 is 15.5 Å². The minimum Gasteiger partial charge on any atom is -0.381 e. The molecule has 0 aliphatic carbocycles. The molecule has 2 aromatic carbocycles. The Labute approximate surface area is 167 Å². The highest BCUT2D eigenvalue weighted by Gasteiger charge is 2.39. The fourth-order valence-electron chi connectivity index (χ4n) is 5.17. The lowest BCUT2D eigenvalue weighted by Gasteiger charge is -2.42. The monoisotopic (exact) mass is 405 g/mol. The summed E-state index contributed by atoms with van der Waals surface area (Å²) in [5, 5.41) is 6.66. The molecule has 0 aromatic heterocycles. The van der Waals surface area contributed by atoms with Crippen molar-refractivity contribution in [3.8, 4) is 0 Å². The van der Waals surface area contributed by atoms with Crippen LogP contribution in [0.4, 0.5) is 28.9 Å². The molecule has 3 nitrogen and oxygen atoms in total. The van der Waals surface area contributed by atoms with Gasteiger partial charge in [0.2, 0.25) is 0 Å². The maximum atomic E-state index is 13.4. The van der Waals surface area contributed by atoms with E-state index in [4.69, 9.17) is 0 Å². The molecule has 0 unspecified atom stereocenters. The third-order valence-electron chi connectivity index (χ3n) is 6.46. The van der Waals surface area contributed by atoms with Gasteiger partial charge in [-0.1, -0.05) is 6.07 Å². The number of fused-ring (bicyclic) bond motifs is 2. The van der Waals surface area contributed by atoms with Gasteiger partial charge in [0.1, 0.15) is 5.82 Å². The SMILES string of the molecule is Fc1ccc(CNc2cc3c4c(c2)[C@@H]2CNC[C@@H]2CN4CCC3)c(C(F)(F)F)c1. The highest BCUT2D eigenvalue weighted by atomic mass is 19.4. The number of benzene rings is 2. The third-order valence-corrected chi connectivity index (χ3v) is 6.46. The molecule has 0 spiro atoms. The number of rotatable bonds is 3. The summed E-state index contributed by atoms with van der Waals surface area (Å²) in [5.41, 5.74) is 3.88. The van der Waals surface area contributed by atoms with Crippen molar-refractivity contribution in [3.05, 3.63) is 58.4 Å². The molecule has 0 radical (unpaired) electrons. The van der Waals surface area contributed by atoms with E-state index >= 15 is 0 Å². The first-order chi connectivity index (χ1) is 13.9. The van der Waals surface area contributed by atoms with Gasteiger partial charge in [0.05, 0.1) is 5.56 Å². The molecule has 3 aliphatic heterocycles. The van der Waals surface area contributed by atoms with Gasteiger partial charge in [-0.25, -0.2) is 4.39 Å². The molecular formula is C22H23F4N3. The summed E-state index contributed by atoms with van der Waals surface area (Å²) in [6.07, 6.45) is -2.50. The largest absolute Gasteiger partial charge is 0.416 e. The molecule has 1 saturated heterocycles. The standard InChI is InChI=1S/C22H23F4N3/c23-16-4-3-14(20(7-16)22(24,25)26)10-28-17-6-13-2-1-5-29-12-15-9-27-11-19(15)18(8-17)21(13)29/h3-4,6-8,15,19,27-28H,1-2,5,9-12H2/t15-,19-/m1/s1. The molecule has 0 amide bonds. The van der Waals surface area contributed by atoms with E-state index < -0.39 is 17.6 Å². The van der Waals surface area contributed by atoms with Gasteiger partial charge >= 0.3 is 6.18 Å². The Balaban J connectivity index is 1.46. The topological polar surface area (TPSA) is 27.3 Å². The van der Waals surface area contributed by atoms with Crippen LogP contribution in [0.3, 0.4) is 0 Å². The smallest absolute Gasteiger partial charge is 0.381 e. The van der Waals surface area contributed by atoms with Crippen LogP contribution in [0.15, 0.2) is 30.3 Å². The summed E-state index contributed by atoms with van der Waals surface area (Å²) < 4.78 is 53.2. The lowest BCUT2D eigenvalue weighted by molar-refractivity contribution is -0.138. The predicted octanol–water partition coefficient (Wildman–Crippen LogP) is 4.53. The Kier molecular flexibility index (Phi) is 4.46. The molecule has 3 heterocycles. The molecule has 2 N–H and O–H groups in total. The van der Waals surface area contributed by atoms with Crippen LogP contribution in [-0.2, 0) is 19.1 Å². The maximum absolute atomic E-state index is 13.4. The van der Waals surface area contributed by atoms with Crippen LogP contribution in [0, 0.1) is 11.7 Å². The van der Waals surface area contributed by atoms with Gasteiger partial charge in [-0.2, -0.15) is 13.2 Å². The number of aryl methyl sites for hydroxylation is 1. The predicted molar refractivity (Wildman–Crippen MR) is 105 cm³/mol. The van der Waals surface area contributed by atoms with E-state index in [-0.39, 0.29) is 12.1 Å². The molecule has 29 heavy (non-hydrogen) atoms. The number of nitrogens with zero attached hydrogens (tertiary/aromatic N) is 1. The van der Waals surface area contributed by atoms with Crippen molar-refractivity contribution in [2.45, 2.75) is 31.5 Å². The molecule has 2 atom stereocenters. The third kappa shape index (κ3) is 3.35. The number of hydrogen-bond acceptors (Lipinski definition) is 3. The number of halogens is 4. The zero-order valence-electron chi connectivity index (χ0n) is 16.0. The highest BCUT2D eigenvalue weighted by Crippen LogP contribution is 2.46. The van der Waals surface area contributed by atoms with Crippen LogP contribution in [-0.4, -0.2) is 26.2 Å². The Morgan fingerprint density at radius 3 is 2.83 bits per heavy atom. The summed E-state index contributed by atoms with van der Waals surface area (Å²) in [4.78, 5) is 2.48. The first-order valence-corrected chi connectivity index (χ1v) is 10.1. The van der Waals surface area contributed by atoms with E-state index in [1.165, 1.54) is 22.9 Å². The molecule has 154 valence electrons. The first-order valence-electron chi connectivity index (χ1n) is 10.1. The van der Waals surface area contributed by atoms with Crippen LogP contribution in [0.25, 0.3) is 0 Å².